The van der Waals surface area contributed by atoms with E-state index in [0.29, 0.717) is 23.8 Å². The number of methoxy groups -OCH3 is 1. The molecule has 2 aromatic rings. The molecule has 8 nitrogen and oxygen atoms in total. The third kappa shape index (κ3) is 2.68. The normalized spacial score (nSPS) is 22.8. The quantitative estimate of drug-likeness (QED) is 0.830. The van der Waals surface area contributed by atoms with Gasteiger partial charge in [0, 0.05) is 20.7 Å². The molecule has 1 aliphatic rings. The Morgan fingerprint density at radius 3 is 2.65 bits per heavy atom. The third-order valence-corrected chi connectivity index (χ3v) is 6.16. The Hall–Kier alpha value is -1.71. The molecule has 0 radical (unpaired) electrons. The van der Waals surface area contributed by atoms with Crippen molar-refractivity contribution in [2.75, 3.05) is 13.7 Å². The smallest absolute Gasteiger partial charge is 0.247 e. The van der Waals surface area contributed by atoms with Crippen LogP contribution in [-0.4, -0.2) is 47.2 Å². The van der Waals surface area contributed by atoms with Crippen molar-refractivity contribution < 1.29 is 17.6 Å². The Balaban J connectivity index is 2.04. The topological polar surface area (TPSA) is 90.5 Å². The molecule has 1 fully saturated rings. The highest BCUT2D eigenvalue weighted by molar-refractivity contribution is 7.89. The second-order valence-electron chi connectivity index (χ2n) is 5.76. The monoisotopic (exact) mass is 340 g/mol. The SMILES string of the molecule is CO[C@@H]1C[C@@H](c2nncn2C)N(S(=O)(=O)c2cc(C)oc2C)C1. The van der Waals surface area contributed by atoms with Gasteiger partial charge >= 0.3 is 0 Å². The highest BCUT2D eigenvalue weighted by Gasteiger charge is 2.44. The molecule has 0 saturated carbocycles. The molecule has 126 valence electrons. The summed E-state index contributed by atoms with van der Waals surface area (Å²) in [6.07, 6.45) is 1.92. The van der Waals surface area contributed by atoms with Crippen LogP contribution in [0.3, 0.4) is 0 Å². The van der Waals surface area contributed by atoms with Crippen LogP contribution in [0.4, 0.5) is 0 Å². The van der Waals surface area contributed by atoms with Crippen LogP contribution < -0.4 is 0 Å². The number of hydrogen-bond donors (Lipinski definition) is 0. The number of hydrogen-bond acceptors (Lipinski definition) is 6. The number of aryl methyl sites for hydroxylation is 3. The molecule has 0 amide bonds. The van der Waals surface area contributed by atoms with Crippen LogP contribution in [0.15, 0.2) is 21.7 Å². The van der Waals surface area contributed by atoms with Gasteiger partial charge in [0.15, 0.2) is 5.82 Å². The van der Waals surface area contributed by atoms with Gasteiger partial charge in [0.05, 0.1) is 12.1 Å². The number of nitrogens with zero attached hydrogens (tertiary/aromatic N) is 4. The summed E-state index contributed by atoms with van der Waals surface area (Å²) in [6.45, 7) is 3.66. The van der Waals surface area contributed by atoms with Crippen molar-refractivity contribution in [1.29, 1.82) is 0 Å². The zero-order valence-corrected chi connectivity index (χ0v) is 14.4. The Bertz CT molecular complexity index is 811. The van der Waals surface area contributed by atoms with Crippen molar-refractivity contribution in [1.82, 2.24) is 19.1 Å². The van der Waals surface area contributed by atoms with E-state index in [-0.39, 0.29) is 17.5 Å². The average molecular weight is 340 g/mol. The van der Waals surface area contributed by atoms with E-state index in [1.165, 1.54) is 4.31 Å². The zero-order valence-electron chi connectivity index (χ0n) is 13.6. The van der Waals surface area contributed by atoms with Crippen molar-refractivity contribution in [3.63, 3.8) is 0 Å². The molecule has 0 spiro atoms. The largest absolute Gasteiger partial charge is 0.465 e. The lowest BCUT2D eigenvalue weighted by Crippen LogP contribution is -2.33. The molecular formula is C14H20N4O4S. The summed E-state index contributed by atoms with van der Waals surface area (Å²) in [7, 11) is -0.321. The van der Waals surface area contributed by atoms with Crippen molar-refractivity contribution in [2.45, 2.75) is 37.3 Å². The van der Waals surface area contributed by atoms with E-state index in [0.717, 1.165) is 0 Å². The second kappa shape index (κ2) is 5.73. The van der Waals surface area contributed by atoms with Crippen LogP contribution in [0.25, 0.3) is 0 Å². The standard InChI is InChI=1S/C14H20N4O4S/c1-9-5-13(10(2)22-9)23(19,20)18-7-11(21-4)6-12(18)14-16-15-8-17(14)3/h5,8,11-12H,6-7H2,1-4H3/t11-,12+/m1/s1. The Morgan fingerprint density at radius 1 is 1.39 bits per heavy atom. The van der Waals surface area contributed by atoms with Gasteiger partial charge in [-0.15, -0.1) is 10.2 Å². The van der Waals surface area contributed by atoms with E-state index in [2.05, 4.69) is 10.2 Å². The first-order valence-electron chi connectivity index (χ1n) is 7.30. The minimum Gasteiger partial charge on any atom is -0.465 e. The fourth-order valence-corrected chi connectivity index (χ4v) is 4.87. The summed E-state index contributed by atoms with van der Waals surface area (Å²) in [5, 5.41) is 7.94. The third-order valence-electron chi connectivity index (χ3n) is 4.18. The number of rotatable bonds is 4. The summed E-state index contributed by atoms with van der Waals surface area (Å²) in [5.74, 6) is 1.56. The molecule has 23 heavy (non-hydrogen) atoms. The van der Waals surface area contributed by atoms with E-state index >= 15 is 0 Å². The van der Waals surface area contributed by atoms with Gasteiger partial charge in [0.2, 0.25) is 10.0 Å². The molecule has 0 unspecified atom stereocenters. The van der Waals surface area contributed by atoms with Crippen LogP contribution >= 0.6 is 0 Å². The van der Waals surface area contributed by atoms with Crippen LogP contribution in [-0.2, 0) is 21.8 Å². The van der Waals surface area contributed by atoms with Gasteiger partial charge in [-0.2, -0.15) is 4.31 Å². The lowest BCUT2D eigenvalue weighted by molar-refractivity contribution is 0.114. The molecule has 0 N–H and O–H groups in total. The Morgan fingerprint density at radius 2 is 2.13 bits per heavy atom. The Labute approximate surface area is 135 Å². The second-order valence-corrected chi connectivity index (χ2v) is 7.62. The summed E-state index contributed by atoms with van der Waals surface area (Å²) in [4.78, 5) is 0.193. The first kappa shape index (κ1) is 16.2. The van der Waals surface area contributed by atoms with Gasteiger partial charge in [-0.05, 0) is 26.3 Å². The van der Waals surface area contributed by atoms with E-state index in [9.17, 15) is 8.42 Å². The summed E-state index contributed by atoms with van der Waals surface area (Å²) < 4.78 is 40.1. The van der Waals surface area contributed by atoms with Crippen molar-refractivity contribution in [2.24, 2.45) is 7.05 Å². The predicted octanol–water partition coefficient (Wildman–Crippen LogP) is 1.18. The molecule has 9 heteroatoms. The minimum atomic E-state index is -3.71. The molecular weight excluding hydrogens is 320 g/mol. The fraction of sp³-hybridized carbons (Fsp3) is 0.571. The lowest BCUT2D eigenvalue weighted by Gasteiger charge is -2.22. The van der Waals surface area contributed by atoms with Gasteiger partial charge in [-0.1, -0.05) is 0 Å². The van der Waals surface area contributed by atoms with Gasteiger partial charge in [0.25, 0.3) is 0 Å². The molecule has 2 atom stereocenters. The van der Waals surface area contributed by atoms with E-state index < -0.39 is 16.1 Å². The number of sulfonamides is 1. The molecule has 1 saturated heterocycles. The van der Waals surface area contributed by atoms with Crippen LogP contribution in [0, 0.1) is 13.8 Å². The lowest BCUT2D eigenvalue weighted by atomic mass is 10.2. The predicted molar refractivity (Wildman–Crippen MR) is 81.2 cm³/mol. The van der Waals surface area contributed by atoms with Crippen molar-refractivity contribution in [3.05, 3.63) is 29.7 Å². The first-order valence-corrected chi connectivity index (χ1v) is 8.74. The maximum Gasteiger partial charge on any atom is 0.247 e. The van der Waals surface area contributed by atoms with Crippen molar-refractivity contribution >= 4 is 10.0 Å². The Kier molecular flexibility index (Phi) is 4.03. The maximum atomic E-state index is 13.1. The van der Waals surface area contributed by atoms with E-state index in [1.54, 1.807) is 45.0 Å². The summed E-state index contributed by atoms with van der Waals surface area (Å²) >= 11 is 0. The number of ether oxygens (including phenoxy) is 1. The molecule has 2 aromatic heterocycles. The average Bonchev–Trinajstić information content (AvgIpc) is 3.17. The molecule has 0 bridgehead atoms. The van der Waals surface area contributed by atoms with Crippen LogP contribution in [0.1, 0.15) is 29.8 Å². The van der Waals surface area contributed by atoms with Crippen molar-refractivity contribution in [3.8, 4) is 0 Å². The minimum absolute atomic E-state index is 0.181. The summed E-state index contributed by atoms with van der Waals surface area (Å²) in [6, 6.07) is 1.14. The molecule has 3 heterocycles. The molecule has 3 rings (SSSR count). The highest BCUT2D eigenvalue weighted by Crippen LogP contribution is 2.37. The van der Waals surface area contributed by atoms with Gasteiger partial charge in [-0.25, -0.2) is 8.42 Å². The molecule has 1 aliphatic heterocycles. The van der Waals surface area contributed by atoms with Gasteiger partial charge < -0.3 is 13.7 Å². The zero-order chi connectivity index (χ0) is 16.8. The fourth-order valence-electron chi connectivity index (χ4n) is 3.02. The van der Waals surface area contributed by atoms with E-state index in [1.807, 2.05) is 0 Å². The van der Waals surface area contributed by atoms with Crippen LogP contribution in [0.2, 0.25) is 0 Å². The summed E-state index contributed by atoms with van der Waals surface area (Å²) in [5.41, 5.74) is 0. The van der Waals surface area contributed by atoms with Crippen LogP contribution in [0.5, 0.6) is 0 Å². The molecule has 0 aromatic carbocycles. The maximum absolute atomic E-state index is 13.1. The molecule has 0 aliphatic carbocycles. The van der Waals surface area contributed by atoms with Gasteiger partial charge in [-0.3, -0.25) is 0 Å². The highest BCUT2D eigenvalue weighted by atomic mass is 32.2. The number of aromatic nitrogens is 3. The first-order chi connectivity index (χ1) is 10.8. The van der Waals surface area contributed by atoms with E-state index in [4.69, 9.17) is 9.15 Å². The number of furan rings is 1. The van der Waals surface area contributed by atoms with Gasteiger partial charge in [0.1, 0.15) is 22.7 Å².